The molecule has 0 fully saturated rings. The van der Waals surface area contributed by atoms with Crippen LogP contribution in [-0.2, 0) is 15.1 Å². The van der Waals surface area contributed by atoms with Crippen LogP contribution in [0.15, 0.2) is 115 Å². The van der Waals surface area contributed by atoms with Crippen LogP contribution in [-0.4, -0.2) is 25.7 Å². The molecule has 0 saturated heterocycles. The summed E-state index contributed by atoms with van der Waals surface area (Å²) in [7, 11) is 0. The van der Waals surface area contributed by atoms with E-state index in [-0.39, 0.29) is 19.2 Å². The Balaban J connectivity index is 1.49. The van der Waals surface area contributed by atoms with Gasteiger partial charge in [-0.25, -0.2) is 4.79 Å². The maximum Gasteiger partial charge on any atom is 0.338 e. The van der Waals surface area contributed by atoms with Gasteiger partial charge in [0.25, 0.3) is 0 Å². The molecule has 36 heavy (non-hydrogen) atoms. The number of unbranched alkanes of at least 4 members (excludes halogenated alkanes) is 1. The van der Waals surface area contributed by atoms with Gasteiger partial charge in [0.1, 0.15) is 12.2 Å². The summed E-state index contributed by atoms with van der Waals surface area (Å²) in [6, 6.07) is 37.9. The topological polar surface area (TPSA) is 47.6 Å². The second kappa shape index (κ2) is 12.7. The summed E-state index contributed by atoms with van der Waals surface area (Å²) < 4.78 is 12.2. The summed E-state index contributed by atoms with van der Waals surface area (Å²) in [4.78, 5) is 12.7. The molecule has 0 heterocycles. The average Bonchev–Trinajstić information content (AvgIpc) is 2.95. The molecule has 1 N–H and O–H groups in total. The van der Waals surface area contributed by atoms with Crippen LogP contribution in [0.2, 0.25) is 0 Å². The Morgan fingerprint density at radius 2 is 1.19 bits per heavy atom. The van der Waals surface area contributed by atoms with Crippen LogP contribution in [0.4, 0.5) is 5.69 Å². The molecular weight excluding hydrogens is 446 g/mol. The first-order chi connectivity index (χ1) is 17.7. The van der Waals surface area contributed by atoms with Crippen LogP contribution in [0.5, 0.6) is 0 Å². The summed E-state index contributed by atoms with van der Waals surface area (Å²) in [6.45, 7) is 3.46. The number of anilines is 1. The first-order valence-corrected chi connectivity index (χ1v) is 12.6. The third kappa shape index (κ3) is 6.02. The normalized spacial score (nSPS) is 11.1. The molecule has 0 aliphatic heterocycles. The Hall–Kier alpha value is -3.89. The minimum Gasteiger partial charge on any atom is -0.460 e. The van der Waals surface area contributed by atoms with E-state index in [1.54, 1.807) is 12.1 Å². The van der Waals surface area contributed by atoms with E-state index in [0.29, 0.717) is 5.56 Å². The van der Waals surface area contributed by atoms with E-state index in [9.17, 15) is 4.79 Å². The zero-order chi connectivity index (χ0) is 25.1. The fourth-order valence-corrected chi connectivity index (χ4v) is 4.31. The highest BCUT2D eigenvalue weighted by atomic mass is 16.6. The summed E-state index contributed by atoms with van der Waals surface area (Å²) in [5, 5.41) is 3.36. The first-order valence-electron chi connectivity index (χ1n) is 12.6. The fraction of sp³-hybridized carbons (Fsp3) is 0.219. The van der Waals surface area contributed by atoms with Crippen molar-refractivity contribution in [3.05, 3.63) is 138 Å². The third-order valence-electron chi connectivity index (χ3n) is 6.16. The van der Waals surface area contributed by atoms with Crippen molar-refractivity contribution in [1.29, 1.82) is 0 Å². The Kier molecular flexibility index (Phi) is 8.90. The maximum absolute atomic E-state index is 12.7. The molecule has 4 rings (SSSR count). The Bertz CT molecular complexity index is 1100. The molecular formula is C32H33NO3. The highest BCUT2D eigenvalue weighted by molar-refractivity contribution is 5.89. The van der Waals surface area contributed by atoms with Crippen molar-refractivity contribution in [3.63, 3.8) is 0 Å². The van der Waals surface area contributed by atoms with Crippen LogP contribution in [0.1, 0.15) is 46.8 Å². The van der Waals surface area contributed by atoms with Gasteiger partial charge < -0.3 is 14.8 Å². The van der Waals surface area contributed by atoms with Gasteiger partial charge in [0.2, 0.25) is 0 Å². The van der Waals surface area contributed by atoms with Crippen molar-refractivity contribution >= 4 is 11.7 Å². The number of rotatable bonds is 12. The monoisotopic (exact) mass is 479 g/mol. The van der Waals surface area contributed by atoms with Gasteiger partial charge in [-0.2, -0.15) is 0 Å². The average molecular weight is 480 g/mol. The lowest BCUT2D eigenvalue weighted by Gasteiger charge is -2.35. The van der Waals surface area contributed by atoms with E-state index in [2.05, 4.69) is 48.6 Å². The molecule has 0 aliphatic carbocycles. The van der Waals surface area contributed by atoms with Gasteiger partial charge in [-0.15, -0.1) is 0 Å². The molecule has 4 heteroatoms. The molecule has 4 aromatic carbocycles. The molecule has 0 radical (unpaired) electrons. The molecule has 0 unspecified atom stereocenters. The summed E-state index contributed by atoms with van der Waals surface area (Å²) in [6.07, 6.45) is 2.25. The summed E-state index contributed by atoms with van der Waals surface area (Å²) in [5.41, 5.74) is 3.74. The SMILES string of the molecule is CCCCNc1ccc(C(=O)OCCOC(c2ccccc2)(c2ccccc2)c2ccccc2)cc1. The molecule has 0 bridgehead atoms. The van der Waals surface area contributed by atoms with Crippen molar-refractivity contribution < 1.29 is 14.3 Å². The maximum atomic E-state index is 12.7. The number of carbonyl (C=O) groups excluding carboxylic acids is 1. The molecule has 4 aromatic rings. The van der Waals surface area contributed by atoms with Crippen LogP contribution < -0.4 is 5.32 Å². The first kappa shape index (κ1) is 25.2. The second-order valence-corrected chi connectivity index (χ2v) is 8.62. The minimum absolute atomic E-state index is 0.142. The fourth-order valence-electron chi connectivity index (χ4n) is 4.31. The van der Waals surface area contributed by atoms with E-state index in [1.807, 2.05) is 66.7 Å². The molecule has 4 nitrogen and oxygen atoms in total. The van der Waals surface area contributed by atoms with Crippen LogP contribution >= 0.6 is 0 Å². The Morgan fingerprint density at radius 3 is 1.67 bits per heavy atom. The number of benzene rings is 4. The van der Waals surface area contributed by atoms with Crippen LogP contribution in [0, 0.1) is 0 Å². The zero-order valence-electron chi connectivity index (χ0n) is 20.7. The predicted molar refractivity (Wildman–Crippen MR) is 145 cm³/mol. The van der Waals surface area contributed by atoms with Crippen molar-refractivity contribution in [2.75, 3.05) is 25.1 Å². The van der Waals surface area contributed by atoms with Gasteiger partial charge in [-0.1, -0.05) is 104 Å². The standard InChI is InChI=1S/C32H33NO3/c1-2-3-23-33-30-21-19-26(20-22-30)31(34)35-24-25-36-32(27-13-7-4-8-14-27,28-15-9-5-10-16-28)29-17-11-6-12-18-29/h4-22,33H,2-3,23-25H2,1H3. The van der Waals surface area contributed by atoms with E-state index < -0.39 is 5.60 Å². The molecule has 184 valence electrons. The van der Waals surface area contributed by atoms with Gasteiger partial charge in [0, 0.05) is 12.2 Å². The number of hydrogen-bond acceptors (Lipinski definition) is 4. The van der Waals surface area contributed by atoms with Gasteiger partial charge >= 0.3 is 5.97 Å². The molecule has 0 aliphatic rings. The number of hydrogen-bond donors (Lipinski definition) is 1. The molecule has 0 amide bonds. The Morgan fingerprint density at radius 1 is 0.694 bits per heavy atom. The molecule has 0 spiro atoms. The number of esters is 1. The van der Waals surface area contributed by atoms with Gasteiger partial charge in [0.05, 0.1) is 12.2 Å². The van der Waals surface area contributed by atoms with Gasteiger partial charge in [-0.3, -0.25) is 0 Å². The number of nitrogens with one attached hydrogen (secondary N) is 1. The molecule has 0 aromatic heterocycles. The number of ether oxygens (including phenoxy) is 2. The van der Waals surface area contributed by atoms with E-state index in [4.69, 9.17) is 9.47 Å². The van der Waals surface area contributed by atoms with E-state index >= 15 is 0 Å². The quantitative estimate of drug-likeness (QED) is 0.134. The number of carbonyl (C=O) groups is 1. The van der Waals surface area contributed by atoms with Gasteiger partial charge in [-0.05, 0) is 47.4 Å². The highest BCUT2D eigenvalue weighted by Crippen LogP contribution is 2.40. The summed E-state index contributed by atoms with van der Waals surface area (Å²) in [5.74, 6) is -0.358. The molecule has 0 atom stereocenters. The second-order valence-electron chi connectivity index (χ2n) is 8.62. The van der Waals surface area contributed by atoms with Gasteiger partial charge in [0.15, 0.2) is 0 Å². The van der Waals surface area contributed by atoms with Crippen molar-refractivity contribution in [1.82, 2.24) is 0 Å². The summed E-state index contributed by atoms with van der Waals surface area (Å²) >= 11 is 0. The van der Waals surface area contributed by atoms with Crippen molar-refractivity contribution in [3.8, 4) is 0 Å². The van der Waals surface area contributed by atoms with E-state index in [0.717, 1.165) is 41.8 Å². The minimum atomic E-state index is -0.831. The zero-order valence-corrected chi connectivity index (χ0v) is 20.7. The lowest BCUT2D eigenvalue weighted by Crippen LogP contribution is -2.34. The smallest absolute Gasteiger partial charge is 0.338 e. The predicted octanol–water partition coefficient (Wildman–Crippen LogP) is 7.06. The third-order valence-corrected chi connectivity index (χ3v) is 6.16. The Labute approximate surface area is 213 Å². The largest absolute Gasteiger partial charge is 0.460 e. The van der Waals surface area contributed by atoms with Crippen molar-refractivity contribution in [2.45, 2.75) is 25.4 Å². The van der Waals surface area contributed by atoms with Crippen LogP contribution in [0.3, 0.4) is 0 Å². The lowest BCUT2D eigenvalue weighted by atomic mass is 9.80. The lowest BCUT2D eigenvalue weighted by molar-refractivity contribution is -0.0172. The highest BCUT2D eigenvalue weighted by Gasteiger charge is 2.37. The molecule has 0 saturated carbocycles. The van der Waals surface area contributed by atoms with Crippen LogP contribution in [0.25, 0.3) is 0 Å². The van der Waals surface area contributed by atoms with Crippen molar-refractivity contribution in [2.24, 2.45) is 0 Å². The van der Waals surface area contributed by atoms with E-state index in [1.165, 1.54) is 0 Å².